The molecule has 0 amide bonds. The maximum Gasteiger partial charge on any atom is 0.308 e. The summed E-state index contributed by atoms with van der Waals surface area (Å²) in [5, 5.41) is 3.50. The number of benzene rings is 1. The largest absolute Gasteiger partial charge is 0.466 e. The van der Waals surface area contributed by atoms with Gasteiger partial charge in [0.1, 0.15) is 0 Å². The van der Waals surface area contributed by atoms with Gasteiger partial charge in [0.05, 0.1) is 18.6 Å². The van der Waals surface area contributed by atoms with Crippen molar-refractivity contribution in [3.05, 3.63) is 35.4 Å². The van der Waals surface area contributed by atoms with Crippen molar-refractivity contribution in [2.45, 2.75) is 38.6 Å². The Bertz CT molecular complexity index is 426. The first-order valence-electron chi connectivity index (χ1n) is 6.71. The molecule has 1 aromatic rings. The summed E-state index contributed by atoms with van der Waals surface area (Å²) in [6.45, 7) is 5.23. The number of fused-ring (bicyclic) bond motifs is 1. The standard InChI is InChI=1S/C15H21NO2/c1-3-16-15(11-14(17)18-4-2)10-9-12-7-5-6-8-13(12)15/h5-8,16H,3-4,9-11H2,1-2H3. The van der Waals surface area contributed by atoms with Crippen molar-refractivity contribution in [2.24, 2.45) is 0 Å². The number of nitrogens with one attached hydrogen (secondary N) is 1. The minimum Gasteiger partial charge on any atom is -0.466 e. The van der Waals surface area contributed by atoms with Crippen LogP contribution in [0.3, 0.4) is 0 Å². The van der Waals surface area contributed by atoms with Crippen LogP contribution in [0.25, 0.3) is 0 Å². The van der Waals surface area contributed by atoms with E-state index in [0.29, 0.717) is 13.0 Å². The maximum absolute atomic E-state index is 11.8. The number of aryl methyl sites for hydroxylation is 1. The van der Waals surface area contributed by atoms with E-state index in [9.17, 15) is 4.79 Å². The van der Waals surface area contributed by atoms with Gasteiger partial charge in [-0.1, -0.05) is 31.2 Å². The van der Waals surface area contributed by atoms with E-state index in [2.05, 4.69) is 30.4 Å². The smallest absolute Gasteiger partial charge is 0.308 e. The zero-order chi connectivity index (χ0) is 13.0. The number of carbonyl (C=O) groups excluding carboxylic acids is 1. The van der Waals surface area contributed by atoms with Crippen molar-refractivity contribution in [1.29, 1.82) is 0 Å². The Morgan fingerprint density at radius 2 is 2.17 bits per heavy atom. The zero-order valence-corrected chi connectivity index (χ0v) is 11.2. The van der Waals surface area contributed by atoms with Crippen molar-refractivity contribution < 1.29 is 9.53 Å². The molecular weight excluding hydrogens is 226 g/mol. The lowest BCUT2D eigenvalue weighted by Crippen LogP contribution is -2.42. The molecule has 98 valence electrons. The summed E-state index contributed by atoms with van der Waals surface area (Å²) in [5.41, 5.74) is 2.39. The molecule has 0 spiro atoms. The molecule has 1 aromatic carbocycles. The minimum atomic E-state index is -0.225. The fourth-order valence-electron chi connectivity index (χ4n) is 2.91. The molecule has 1 aliphatic carbocycles. The van der Waals surface area contributed by atoms with Crippen molar-refractivity contribution in [1.82, 2.24) is 5.32 Å². The van der Waals surface area contributed by atoms with E-state index in [1.807, 2.05) is 13.0 Å². The van der Waals surface area contributed by atoms with Crippen LogP contribution >= 0.6 is 0 Å². The number of ether oxygens (including phenoxy) is 1. The number of carbonyl (C=O) groups is 1. The van der Waals surface area contributed by atoms with Gasteiger partial charge in [-0.05, 0) is 37.4 Å². The van der Waals surface area contributed by atoms with Gasteiger partial charge in [-0.15, -0.1) is 0 Å². The van der Waals surface area contributed by atoms with Crippen molar-refractivity contribution in [3.63, 3.8) is 0 Å². The second-order valence-electron chi connectivity index (χ2n) is 4.75. The molecule has 1 aliphatic rings. The summed E-state index contributed by atoms with van der Waals surface area (Å²) >= 11 is 0. The third-order valence-electron chi connectivity index (χ3n) is 3.62. The average molecular weight is 247 g/mol. The highest BCUT2D eigenvalue weighted by Gasteiger charge is 2.39. The van der Waals surface area contributed by atoms with Crippen LogP contribution in [0.1, 0.15) is 37.8 Å². The van der Waals surface area contributed by atoms with Gasteiger partial charge in [-0.2, -0.15) is 0 Å². The Hall–Kier alpha value is -1.35. The van der Waals surface area contributed by atoms with Crippen LogP contribution in [0.2, 0.25) is 0 Å². The van der Waals surface area contributed by atoms with E-state index in [4.69, 9.17) is 4.74 Å². The Balaban J connectivity index is 2.26. The number of esters is 1. The normalized spacial score (nSPS) is 21.7. The van der Waals surface area contributed by atoms with Crippen LogP contribution in [0.15, 0.2) is 24.3 Å². The Morgan fingerprint density at radius 1 is 1.39 bits per heavy atom. The lowest BCUT2D eigenvalue weighted by Gasteiger charge is -2.30. The topological polar surface area (TPSA) is 38.3 Å². The molecule has 2 rings (SSSR count). The van der Waals surface area contributed by atoms with Gasteiger partial charge in [0.15, 0.2) is 0 Å². The van der Waals surface area contributed by atoms with E-state index in [-0.39, 0.29) is 11.5 Å². The molecule has 1 N–H and O–H groups in total. The Labute approximate surface area is 109 Å². The highest BCUT2D eigenvalue weighted by Crippen LogP contribution is 2.39. The molecule has 0 bridgehead atoms. The molecule has 0 aromatic heterocycles. The van der Waals surface area contributed by atoms with Crippen molar-refractivity contribution in [3.8, 4) is 0 Å². The van der Waals surface area contributed by atoms with E-state index in [1.165, 1.54) is 11.1 Å². The van der Waals surface area contributed by atoms with E-state index in [1.54, 1.807) is 0 Å². The summed E-state index contributed by atoms with van der Waals surface area (Å²) in [7, 11) is 0. The molecule has 0 saturated heterocycles. The van der Waals surface area contributed by atoms with Crippen LogP contribution in [-0.4, -0.2) is 19.1 Å². The molecule has 3 nitrogen and oxygen atoms in total. The first-order valence-corrected chi connectivity index (χ1v) is 6.71. The van der Waals surface area contributed by atoms with E-state index >= 15 is 0 Å². The summed E-state index contributed by atoms with van der Waals surface area (Å²) in [4.78, 5) is 11.8. The Morgan fingerprint density at radius 3 is 2.89 bits per heavy atom. The summed E-state index contributed by atoms with van der Waals surface area (Å²) in [5.74, 6) is -0.116. The second kappa shape index (κ2) is 5.53. The van der Waals surface area contributed by atoms with Gasteiger partial charge in [-0.25, -0.2) is 0 Å². The summed E-state index contributed by atoms with van der Waals surface area (Å²) < 4.78 is 5.11. The van der Waals surface area contributed by atoms with Crippen LogP contribution < -0.4 is 5.32 Å². The van der Waals surface area contributed by atoms with Gasteiger partial charge in [0.2, 0.25) is 0 Å². The second-order valence-corrected chi connectivity index (χ2v) is 4.75. The molecule has 0 saturated carbocycles. The molecule has 1 atom stereocenters. The Kier molecular flexibility index (Phi) is 4.02. The van der Waals surface area contributed by atoms with Crippen molar-refractivity contribution in [2.75, 3.05) is 13.2 Å². The monoisotopic (exact) mass is 247 g/mol. The minimum absolute atomic E-state index is 0.116. The lowest BCUT2D eigenvalue weighted by atomic mass is 9.88. The van der Waals surface area contributed by atoms with Gasteiger partial charge >= 0.3 is 5.97 Å². The average Bonchev–Trinajstić information content (AvgIpc) is 2.70. The molecule has 3 heteroatoms. The van der Waals surface area contributed by atoms with Gasteiger partial charge in [0, 0.05) is 0 Å². The van der Waals surface area contributed by atoms with Gasteiger partial charge < -0.3 is 10.1 Å². The quantitative estimate of drug-likeness (QED) is 0.812. The molecule has 0 fully saturated rings. The van der Waals surface area contributed by atoms with Crippen LogP contribution in [0, 0.1) is 0 Å². The number of hydrogen-bond donors (Lipinski definition) is 1. The zero-order valence-electron chi connectivity index (χ0n) is 11.2. The SMILES string of the molecule is CCNC1(CC(=O)OCC)CCc2ccccc21. The number of rotatable bonds is 5. The molecule has 18 heavy (non-hydrogen) atoms. The summed E-state index contributed by atoms with van der Waals surface area (Å²) in [6.07, 6.45) is 2.42. The predicted octanol–water partition coefficient (Wildman–Crippen LogP) is 2.39. The molecular formula is C15H21NO2. The molecule has 1 unspecified atom stereocenters. The predicted molar refractivity (Wildman–Crippen MR) is 71.4 cm³/mol. The maximum atomic E-state index is 11.8. The first kappa shape index (κ1) is 13.1. The molecule has 0 aliphatic heterocycles. The summed E-state index contributed by atoms with van der Waals surface area (Å²) in [6, 6.07) is 8.39. The first-order chi connectivity index (χ1) is 8.72. The van der Waals surface area contributed by atoms with E-state index < -0.39 is 0 Å². The third-order valence-corrected chi connectivity index (χ3v) is 3.62. The fraction of sp³-hybridized carbons (Fsp3) is 0.533. The van der Waals surface area contributed by atoms with Crippen LogP contribution in [-0.2, 0) is 21.5 Å². The third kappa shape index (κ3) is 2.41. The number of hydrogen-bond acceptors (Lipinski definition) is 3. The molecule has 0 radical (unpaired) electrons. The van der Waals surface area contributed by atoms with Crippen LogP contribution in [0.5, 0.6) is 0 Å². The van der Waals surface area contributed by atoms with Gasteiger partial charge in [-0.3, -0.25) is 4.79 Å². The lowest BCUT2D eigenvalue weighted by molar-refractivity contribution is -0.145. The van der Waals surface area contributed by atoms with Gasteiger partial charge in [0.25, 0.3) is 0 Å². The molecule has 0 heterocycles. The van der Waals surface area contributed by atoms with E-state index in [0.717, 1.165) is 19.4 Å². The van der Waals surface area contributed by atoms with Crippen LogP contribution in [0.4, 0.5) is 0 Å². The fourth-order valence-corrected chi connectivity index (χ4v) is 2.91. The highest BCUT2D eigenvalue weighted by atomic mass is 16.5. The van der Waals surface area contributed by atoms with Crippen molar-refractivity contribution >= 4 is 5.97 Å². The highest BCUT2D eigenvalue weighted by molar-refractivity contribution is 5.72.